The van der Waals surface area contributed by atoms with E-state index in [-0.39, 0.29) is 23.5 Å². The second kappa shape index (κ2) is 5.82. The van der Waals surface area contributed by atoms with Crippen LogP contribution >= 0.6 is 0 Å². The Bertz CT molecular complexity index is 423. The van der Waals surface area contributed by atoms with Gasteiger partial charge in [0.25, 0.3) is 0 Å². The number of aromatic carboxylic acids is 1. The first-order valence-electron chi connectivity index (χ1n) is 5.58. The zero-order valence-electron chi connectivity index (χ0n) is 10.7. The van der Waals surface area contributed by atoms with E-state index in [1.807, 2.05) is 20.8 Å². The summed E-state index contributed by atoms with van der Waals surface area (Å²) in [5, 5.41) is 8.77. The Morgan fingerprint density at radius 1 is 1.28 bits per heavy atom. The first kappa shape index (κ1) is 14.4. The molecular weight excluding hydrogens is 239 g/mol. The molecular formula is C13H17FO4. The molecule has 0 fully saturated rings. The smallest absolute Gasteiger partial charge is 0.335 e. The van der Waals surface area contributed by atoms with Crippen molar-refractivity contribution in [3.05, 3.63) is 29.6 Å². The molecule has 5 heteroatoms. The zero-order valence-corrected chi connectivity index (χ0v) is 10.7. The first-order chi connectivity index (χ1) is 8.28. The Morgan fingerprint density at radius 3 is 2.50 bits per heavy atom. The second-order valence-electron chi connectivity index (χ2n) is 4.79. The average Bonchev–Trinajstić information content (AvgIpc) is 2.22. The predicted molar refractivity (Wildman–Crippen MR) is 64.6 cm³/mol. The molecule has 0 aliphatic heterocycles. The number of carbonyl (C=O) groups is 1. The Morgan fingerprint density at radius 2 is 1.94 bits per heavy atom. The van der Waals surface area contributed by atoms with Crippen LogP contribution in [0.1, 0.15) is 31.1 Å². The van der Waals surface area contributed by atoms with Crippen molar-refractivity contribution >= 4 is 5.97 Å². The third-order valence-corrected chi connectivity index (χ3v) is 2.01. The summed E-state index contributed by atoms with van der Waals surface area (Å²) in [7, 11) is 0. The first-order valence-corrected chi connectivity index (χ1v) is 5.58. The Hall–Kier alpha value is -1.62. The molecule has 0 bridgehead atoms. The third-order valence-electron chi connectivity index (χ3n) is 2.01. The van der Waals surface area contributed by atoms with Gasteiger partial charge >= 0.3 is 5.97 Å². The molecule has 0 atom stereocenters. The molecule has 4 nitrogen and oxygen atoms in total. The molecule has 0 radical (unpaired) electrons. The van der Waals surface area contributed by atoms with Gasteiger partial charge in [0.2, 0.25) is 0 Å². The van der Waals surface area contributed by atoms with E-state index in [9.17, 15) is 9.18 Å². The molecule has 0 aliphatic carbocycles. The molecule has 1 rings (SSSR count). The van der Waals surface area contributed by atoms with E-state index in [2.05, 4.69) is 0 Å². The van der Waals surface area contributed by atoms with Crippen LogP contribution in [0, 0.1) is 5.82 Å². The fourth-order valence-electron chi connectivity index (χ4n) is 1.28. The summed E-state index contributed by atoms with van der Waals surface area (Å²) in [5.74, 6) is -1.64. The number of benzene rings is 1. The SMILES string of the molecule is CC(C)(C)OCCOc1cc(F)cc(C(=O)O)c1. The third kappa shape index (κ3) is 5.14. The molecule has 0 saturated heterocycles. The van der Waals surface area contributed by atoms with Gasteiger partial charge in [0, 0.05) is 6.07 Å². The van der Waals surface area contributed by atoms with Gasteiger partial charge in [-0.25, -0.2) is 9.18 Å². The highest BCUT2D eigenvalue weighted by atomic mass is 19.1. The largest absolute Gasteiger partial charge is 0.491 e. The maximum absolute atomic E-state index is 13.1. The number of rotatable bonds is 5. The lowest BCUT2D eigenvalue weighted by Gasteiger charge is -2.19. The standard InChI is InChI=1S/C13H17FO4/c1-13(2,3)18-5-4-17-11-7-9(12(15)16)6-10(14)8-11/h6-8H,4-5H2,1-3H3,(H,15,16). The molecule has 100 valence electrons. The van der Waals surface area contributed by atoms with E-state index in [4.69, 9.17) is 14.6 Å². The minimum Gasteiger partial charge on any atom is -0.491 e. The van der Waals surface area contributed by atoms with Crippen LogP contribution in [-0.2, 0) is 4.74 Å². The van der Waals surface area contributed by atoms with Gasteiger partial charge in [0.15, 0.2) is 0 Å². The van der Waals surface area contributed by atoms with Gasteiger partial charge < -0.3 is 14.6 Å². The quantitative estimate of drug-likeness (QED) is 0.823. The molecule has 0 saturated carbocycles. The molecule has 1 aromatic rings. The van der Waals surface area contributed by atoms with E-state index in [0.29, 0.717) is 6.61 Å². The number of halogens is 1. The summed E-state index contributed by atoms with van der Waals surface area (Å²) < 4.78 is 23.8. The highest BCUT2D eigenvalue weighted by molar-refractivity contribution is 5.88. The summed E-state index contributed by atoms with van der Waals surface area (Å²) in [4.78, 5) is 10.7. The van der Waals surface area contributed by atoms with E-state index >= 15 is 0 Å². The van der Waals surface area contributed by atoms with Crippen molar-refractivity contribution in [1.29, 1.82) is 0 Å². The zero-order chi connectivity index (χ0) is 13.8. The summed E-state index contributed by atoms with van der Waals surface area (Å²) in [6, 6.07) is 3.37. The van der Waals surface area contributed by atoms with E-state index in [1.165, 1.54) is 6.07 Å². The van der Waals surface area contributed by atoms with Crippen LogP contribution in [0.3, 0.4) is 0 Å². The van der Waals surface area contributed by atoms with Gasteiger partial charge in [-0.3, -0.25) is 0 Å². The summed E-state index contributed by atoms with van der Waals surface area (Å²) in [6.45, 7) is 6.33. The Labute approximate surface area is 105 Å². The number of carboxylic acids is 1. The molecule has 0 amide bonds. The minimum absolute atomic E-state index is 0.137. The lowest BCUT2D eigenvalue weighted by Crippen LogP contribution is -2.22. The molecule has 0 aromatic heterocycles. The van der Waals surface area contributed by atoms with E-state index < -0.39 is 11.8 Å². The number of carboxylic acid groups (broad SMARTS) is 1. The fourth-order valence-corrected chi connectivity index (χ4v) is 1.28. The van der Waals surface area contributed by atoms with Crippen molar-refractivity contribution in [2.75, 3.05) is 13.2 Å². The van der Waals surface area contributed by atoms with Crippen LogP contribution in [0.2, 0.25) is 0 Å². The highest BCUT2D eigenvalue weighted by Crippen LogP contribution is 2.16. The monoisotopic (exact) mass is 256 g/mol. The number of hydrogen-bond donors (Lipinski definition) is 1. The van der Waals surface area contributed by atoms with E-state index in [1.54, 1.807) is 0 Å². The minimum atomic E-state index is -1.19. The lowest BCUT2D eigenvalue weighted by atomic mass is 10.2. The van der Waals surface area contributed by atoms with Crippen molar-refractivity contribution in [3.8, 4) is 5.75 Å². The van der Waals surface area contributed by atoms with Crippen molar-refractivity contribution in [2.45, 2.75) is 26.4 Å². The Kier molecular flexibility index (Phi) is 4.67. The number of hydrogen-bond acceptors (Lipinski definition) is 3. The van der Waals surface area contributed by atoms with Crippen molar-refractivity contribution < 1.29 is 23.8 Å². The van der Waals surface area contributed by atoms with Crippen LogP contribution in [0.5, 0.6) is 5.75 Å². The van der Waals surface area contributed by atoms with Gasteiger partial charge in [0.1, 0.15) is 18.2 Å². The summed E-state index contributed by atoms with van der Waals surface area (Å²) >= 11 is 0. The molecule has 0 aliphatic rings. The van der Waals surface area contributed by atoms with Gasteiger partial charge in [-0.15, -0.1) is 0 Å². The Balaban J connectivity index is 2.55. The van der Waals surface area contributed by atoms with Crippen molar-refractivity contribution in [3.63, 3.8) is 0 Å². The molecule has 1 aromatic carbocycles. The second-order valence-corrected chi connectivity index (χ2v) is 4.79. The normalized spacial score (nSPS) is 11.3. The van der Waals surface area contributed by atoms with Gasteiger partial charge in [-0.05, 0) is 32.9 Å². The maximum atomic E-state index is 13.1. The van der Waals surface area contributed by atoms with Crippen molar-refractivity contribution in [1.82, 2.24) is 0 Å². The van der Waals surface area contributed by atoms with Gasteiger partial charge in [0.05, 0.1) is 17.8 Å². The highest BCUT2D eigenvalue weighted by Gasteiger charge is 2.10. The van der Waals surface area contributed by atoms with Crippen LogP contribution in [0.15, 0.2) is 18.2 Å². The van der Waals surface area contributed by atoms with Crippen LogP contribution in [0.25, 0.3) is 0 Å². The number of ether oxygens (including phenoxy) is 2. The topological polar surface area (TPSA) is 55.8 Å². The van der Waals surface area contributed by atoms with Crippen LogP contribution in [0.4, 0.5) is 4.39 Å². The fraction of sp³-hybridized carbons (Fsp3) is 0.462. The average molecular weight is 256 g/mol. The maximum Gasteiger partial charge on any atom is 0.335 e. The molecule has 1 N–H and O–H groups in total. The van der Waals surface area contributed by atoms with Crippen molar-refractivity contribution in [2.24, 2.45) is 0 Å². The van der Waals surface area contributed by atoms with E-state index in [0.717, 1.165) is 12.1 Å². The summed E-state index contributed by atoms with van der Waals surface area (Å²) in [5.41, 5.74) is -0.404. The van der Waals surface area contributed by atoms with Gasteiger partial charge in [-0.2, -0.15) is 0 Å². The molecule has 0 heterocycles. The predicted octanol–water partition coefficient (Wildman–Crippen LogP) is 2.72. The lowest BCUT2D eigenvalue weighted by molar-refractivity contribution is -0.0163. The van der Waals surface area contributed by atoms with Crippen LogP contribution < -0.4 is 4.74 Å². The molecule has 18 heavy (non-hydrogen) atoms. The van der Waals surface area contributed by atoms with Crippen LogP contribution in [-0.4, -0.2) is 29.9 Å². The molecule has 0 spiro atoms. The summed E-state index contributed by atoms with van der Waals surface area (Å²) in [6.07, 6.45) is 0. The molecule has 0 unspecified atom stereocenters. The van der Waals surface area contributed by atoms with Gasteiger partial charge in [-0.1, -0.05) is 0 Å².